The number of imidazole rings is 1. The van der Waals surface area contributed by atoms with Gasteiger partial charge in [-0.2, -0.15) is 8.42 Å². The lowest BCUT2D eigenvalue weighted by Crippen LogP contribution is -2.50. The monoisotopic (exact) mass is 620 g/mol. The van der Waals surface area contributed by atoms with Crippen molar-refractivity contribution in [2.45, 2.75) is 31.0 Å². The van der Waals surface area contributed by atoms with Crippen molar-refractivity contribution >= 4 is 44.1 Å². The van der Waals surface area contributed by atoms with Gasteiger partial charge in [-0.25, -0.2) is 9.78 Å². The van der Waals surface area contributed by atoms with E-state index in [1.807, 2.05) is 49.4 Å². The first kappa shape index (κ1) is 30.8. The van der Waals surface area contributed by atoms with E-state index < -0.39 is 28.1 Å². The molecule has 0 bridgehead atoms. The summed E-state index contributed by atoms with van der Waals surface area (Å²) in [4.78, 5) is 34.1. The van der Waals surface area contributed by atoms with E-state index in [0.29, 0.717) is 5.69 Å². The summed E-state index contributed by atoms with van der Waals surface area (Å²) in [5, 5.41) is 14.6. The highest BCUT2D eigenvalue weighted by atomic mass is 32.2. The quantitative estimate of drug-likeness (QED) is 0.272. The minimum absolute atomic E-state index is 0.0338. The third-order valence-corrected chi connectivity index (χ3v) is 8.97. The molecular weight excluding hydrogens is 584 g/mol. The molecular formula is C31H36N6O6S. The Kier molecular flexibility index (Phi) is 8.79. The predicted octanol–water partition coefficient (Wildman–Crippen LogP) is 3.76. The molecule has 44 heavy (non-hydrogen) atoms. The number of urea groups is 1. The van der Waals surface area contributed by atoms with Crippen molar-refractivity contribution in [2.75, 3.05) is 36.8 Å². The molecule has 13 heteroatoms. The van der Waals surface area contributed by atoms with E-state index in [2.05, 4.69) is 15.0 Å². The molecule has 12 nitrogen and oxygen atoms in total. The van der Waals surface area contributed by atoms with Gasteiger partial charge in [0.05, 0.1) is 42.5 Å². The van der Waals surface area contributed by atoms with Crippen LogP contribution in [-0.2, 0) is 17.1 Å². The maximum atomic E-state index is 13.7. The highest BCUT2D eigenvalue weighted by molar-refractivity contribution is 7.92. The summed E-state index contributed by atoms with van der Waals surface area (Å²) in [5.41, 5.74) is 0.850. The molecule has 3 atom stereocenters. The van der Waals surface area contributed by atoms with Crippen LogP contribution in [0.1, 0.15) is 24.2 Å². The predicted molar refractivity (Wildman–Crippen MR) is 167 cm³/mol. The Morgan fingerprint density at radius 2 is 1.84 bits per heavy atom. The van der Waals surface area contributed by atoms with Gasteiger partial charge in [-0.05, 0) is 30.5 Å². The molecule has 4 aromatic rings. The molecule has 3 amide bonds. The Bertz CT molecular complexity index is 1790. The largest absolute Gasteiger partial charge is 0.485 e. The summed E-state index contributed by atoms with van der Waals surface area (Å²) < 4.78 is 36.9. The van der Waals surface area contributed by atoms with Crippen LogP contribution in [0.15, 0.2) is 78.2 Å². The molecule has 5 rings (SSSR count). The summed E-state index contributed by atoms with van der Waals surface area (Å²) in [7, 11) is -0.822. The van der Waals surface area contributed by atoms with Crippen molar-refractivity contribution in [2.24, 2.45) is 13.0 Å². The Morgan fingerprint density at radius 1 is 1.14 bits per heavy atom. The van der Waals surface area contributed by atoms with Crippen molar-refractivity contribution in [1.29, 1.82) is 0 Å². The van der Waals surface area contributed by atoms with E-state index in [9.17, 15) is 23.1 Å². The summed E-state index contributed by atoms with van der Waals surface area (Å²) >= 11 is 0. The average molecular weight is 621 g/mol. The van der Waals surface area contributed by atoms with Gasteiger partial charge in [0.1, 0.15) is 6.10 Å². The Hall–Kier alpha value is -4.62. The normalized spacial score (nSPS) is 17.7. The highest BCUT2D eigenvalue weighted by Crippen LogP contribution is 2.36. The number of rotatable bonds is 8. The van der Waals surface area contributed by atoms with Gasteiger partial charge in [-0.3, -0.25) is 9.52 Å². The fourth-order valence-electron chi connectivity index (χ4n) is 5.16. The Morgan fingerprint density at radius 3 is 2.57 bits per heavy atom. The second-order valence-corrected chi connectivity index (χ2v) is 12.8. The van der Waals surface area contributed by atoms with Gasteiger partial charge in [-0.1, -0.05) is 49.4 Å². The lowest BCUT2D eigenvalue weighted by molar-refractivity contribution is 0.0373. The Labute approximate surface area is 256 Å². The van der Waals surface area contributed by atoms with Crippen molar-refractivity contribution in [3.63, 3.8) is 0 Å². The molecule has 232 valence electrons. The summed E-state index contributed by atoms with van der Waals surface area (Å²) in [5.74, 6) is -0.686. The van der Waals surface area contributed by atoms with Gasteiger partial charge >= 0.3 is 6.03 Å². The minimum Gasteiger partial charge on any atom is -0.485 e. The van der Waals surface area contributed by atoms with E-state index in [-0.39, 0.29) is 53.7 Å². The average Bonchev–Trinajstić information content (AvgIpc) is 3.46. The van der Waals surface area contributed by atoms with Crippen molar-refractivity contribution in [3.8, 4) is 5.75 Å². The topological polar surface area (TPSA) is 146 Å². The van der Waals surface area contributed by atoms with E-state index in [0.717, 1.165) is 10.8 Å². The number of likely N-dealkylation sites (N-methyl/N-ethyl adjacent to an activating group) is 1. The summed E-state index contributed by atoms with van der Waals surface area (Å²) in [6.45, 7) is 3.72. The van der Waals surface area contributed by atoms with Crippen LogP contribution in [0.25, 0.3) is 10.8 Å². The second-order valence-electron chi connectivity index (χ2n) is 11.1. The molecule has 1 aromatic heterocycles. The number of hydrogen-bond donors (Lipinski definition) is 3. The molecule has 3 aromatic carbocycles. The number of nitrogens with zero attached hydrogens (tertiary/aromatic N) is 4. The molecule has 1 aliphatic rings. The third-order valence-electron chi connectivity index (χ3n) is 7.72. The number of ether oxygens (including phenoxy) is 1. The maximum Gasteiger partial charge on any atom is 0.321 e. The van der Waals surface area contributed by atoms with Crippen LogP contribution in [0.2, 0.25) is 0 Å². The molecule has 3 N–H and O–H groups in total. The van der Waals surface area contributed by atoms with Crippen LogP contribution in [0.3, 0.4) is 0 Å². The number of carbonyl (C=O) groups is 2. The molecule has 0 unspecified atom stereocenters. The number of benzene rings is 3. The van der Waals surface area contributed by atoms with Gasteiger partial charge in [0.15, 0.2) is 10.8 Å². The molecule has 2 heterocycles. The van der Waals surface area contributed by atoms with Crippen molar-refractivity contribution in [1.82, 2.24) is 19.4 Å². The first-order valence-corrected chi connectivity index (χ1v) is 15.7. The fourth-order valence-corrected chi connectivity index (χ4v) is 6.21. The Balaban J connectivity index is 1.46. The van der Waals surface area contributed by atoms with Gasteiger partial charge in [0, 0.05) is 38.1 Å². The molecule has 0 fully saturated rings. The number of aliphatic hydroxyl groups excluding tert-OH is 1. The number of fused-ring (bicyclic) bond motifs is 2. The van der Waals surface area contributed by atoms with E-state index >= 15 is 0 Å². The van der Waals surface area contributed by atoms with Gasteiger partial charge in [0.2, 0.25) is 0 Å². The molecule has 0 radical (unpaired) electrons. The fraction of sp³-hybridized carbons (Fsp3) is 0.323. The van der Waals surface area contributed by atoms with Crippen molar-refractivity contribution < 1.29 is 27.9 Å². The molecule has 0 saturated carbocycles. The lowest BCUT2D eigenvalue weighted by Gasteiger charge is -2.38. The zero-order valence-corrected chi connectivity index (χ0v) is 25.8. The first-order valence-electron chi connectivity index (χ1n) is 14.2. The van der Waals surface area contributed by atoms with Crippen LogP contribution < -0.4 is 14.8 Å². The number of aliphatic hydroxyl groups is 1. The van der Waals surface area contributed by atoms with Crippen LogP contribution >= 0.6 is 0 Å². The third kappa shape index (κ3) is 6.33. The zero-order valence-electron chi connectivity index (χ0n) is 25.0. The van der Waals surface area contributed by atoms with E-state index in [1.165, 1.54) is 28.1 Å². The van der Waals surface area contributed by atoms with Crippen LogP contribution in [-0.4, -0.2) is 83.7 Å². The van der Waals surface area contributed by atoms with Gasteiger partial charge < -0.3 is 29.5 Å². The molecule has 1 aliphatic heterocycles. The van der Waals surface area contributed by atoms with Crippen molar-refractivity contribution in [3.05, 3.63) is 78.8 Å². The van der Waals surface area contributed by atoms with Crippen LogP contribution in [0, 0.1) is 5.92 Å². The van der Waals surface area contributed by atoms with Gasteiger partial charge in [-0.15, -0.1) is 0 Å². The minimum atomic E-state index is -4.12. The summed E-state index contributed by atoms with van der Waals surface area (Å²) in [6, 6.07) is 17.2. The second kappa shape index (κ2) is 12.5. The number of para-hydroxylation sites is 1. The highest BCUT2D eigenvalue weighted by Gasteiger charge is 2.35. The van der Waals surface area contributed by atoms with Gasteiger partial charge in [0.25, 0.3) is 15.9 Å². The number of aryl methyl sites for hydroxylation is 1. The number of hydrogen-bond acceptors (Lipinski definition) is 7. The number of aromatic nitrogens is 2. The molecule has 0 saturated heterocycles. The number of carbonyl (C=O) groups excluding carboxylic acids is 2. The molecule has 0 aliphatic carbocycles. The van der Waals surface area contributed by atoms with Crippen LogP contribution in [0.5, 0.6) is 5.75 Å². The van der Waals surface area contributed by atoms with E-state index in [4.69, 9.17) is 4.74 Å². The van der Waals surface area contributed by atoms with Crippen LogP contribution in [0.4, 0.5) is 16.2 Å². The molecule has 0 spiro atoms. The first-order chi connectivity index (χ1) is 21.0. The SMILES string of the molecule is C[C@H]1CN([C@@H](C)CO)C(=O)c2cccc(NS(=O)(=O)c3cn(C)cn3)c2O[C@H]1CN(C)C(=O)Nc1cccc2ccccc12. The number of anilines is 2. The number of amides is 3. The number of nitrogens with one attached hydrogen (secondary N) is 2. The number of sulfonamides is 1. The lowest BCUT2D eigenvalue weighted by atomic mass is 9.99. The summed E-state index contributed by atoms with van der Waals surface area (Å²) in [6.07, 6.45) is 2.08. The standard InChI is InChI=1S/C31H36N6O6S/c1-20-15-37(21(2)18-38)30(39)24-12-8-14-26(34-44(41,42)28-17-35(3)19-32-28)29(24)43-27(20)16-36(4)31(40)33-25-13-7-10-22-9-5-6-11-23(22)25/h5-14,17,19-21,27,34,38H,15-16,18H2,1-4H3,(H,33,40)/t20-,21-,27-/m0/s1. The maximum absolute atomic E-state index is 13.7. The zero-order chi connectivity index (χ0) is 31.6. The van der Waals surface area contributed by atoms with E-state index in [1.54, 1.807) is 38.1 Å². The smallest absolute Gasteiger partial charge is 0.321 e.